The average Bonchev–Trinajstić information content (AvgIpc) is 2.51. The molecule has 1 aromatic carbocycles. The number of carbonyl (C=O) groups is 1. The van der Waals surface area contributed by atoms with Crippen LogP contribution in [0.1, 0.15) is 33.1 Å². The van der Waals surface area contributed by atoms with Gasteiger partial charge in [0.25, 0.3) is 5.91 Å². The molecule has 0 aliphatic heterocycles. The van der Waals surface area contributed by atoms with E-state index in [1.54, 1.807) is 12.1 Å². The second-order valence-electron chi connectivity index (χ2n) is 4.84. The normalized spacial score (nSPS) is 11.2. The maximum atomic E-state index is 11.8. The van der Waals surface area contributed by atoms with Crippen molar-refractivity contribution in [3.8, 4) is 11.5 Å². The Morgan fingerprint density at radius 2 is 1.77 bits per heavy atom. The Morgan fingerprint density at radius 1 is 1.18 bits per heavy atom. The van der Waals surface area contributed by atoms with Gasteiger partial charge < -0.3 is 20.5 Å². The first kappa shape index (κ1) is 20.5. The highest BCUT2D eigenvalue weighted by atomic mass is 35.5. The Bertz CT molecular complexity index is 412. The summed E-state index contributed by atoms with van der Waals surface area (Å²) in [4.78, 5) is 11.8. The number of nitrogens with two attached hydrogens (primary N) is 1. The van der Waals surface area contributed by atoms with Crippen molar-refractivity contribution in [2.24, 2.45) is 5.73 Å². The molecule has 1 atom stereocenters. The molecule has 3 N–H and O–H groups in total. The molecule has 0 radical (unpaired) electrons. The van der Waals surface area contributed by atoms with E-state index in [0.717, 1.165) is 25.0 Å². The van der Waals surface area contributed by atoms with Gasteiger partial charge in [-0.25, -0.2) is 0 Å². The number of carbonyl (C=O) groups excluding carboxylic acids is 1. The largest absolute Gasteiger partial charge is 0.494 e. The third-order valence-corrected chi connectivity index (χ3v) is 3.06. The van der Waals surface area contributed by atoms with Crippen molar-refractivity contribution in [2.75, 3.05) is 19.8 Å². The van der Waals surface area contributed by atoms with Gasteiger partial charge in [-0.3, -0.25) is 4.79 Å². The monoisotopic (exact) mass is 330 g/mol. The number of ether oxygens (including phenoxy) is 2. The van der Waals surface area contributed by atoms with Crippen LogP contribution in [0.15, 0.2) is 24.3 Å². The first-order valence-corrected chi connectivity index (χ1v) is 7.54. The Kier molecular flexibility index (Phi) is 11.3. The smallest absolute Gasteiger partial charge is 0.258 e. The Balaban J connectivity index is 0.00000441. The quantitative estimate of drug-likeness (QED) is 0.691. The van der Waals surface area contributed by atoms with Crippen LogP contribution >= 0.6 is 12.4 Å². The van der Waals surface area contributed by atoms with Crippen molar-refractivity contribution in [3.05, 3.63) is 24.3 Å². The van der Waals surface area contributed by atoms with Gasteiger partial charge in [-0.1, -0.05) is 19.8 Å². The maximum Gasteiger partial charge on any atom is 0.258 e. The zero-order valence-corrected chi connectivity index (χ0v) is 14.2. The van der Waals surface area contributed by atoms with Crippen LogP contribution < -0.4 is 20.5 Å². The fourth-order valence-corrected chi connectivity index (χ4v) is 1.92. The van der Waals surface area contributed by atoms with Gasteiger partial charge in [0.15, 0.2) is 6.61 Å². The fourth-order valence-electron chi connectivity index (χ4n) is 1.92. The van der Waals surface area contributed by atoms with Crippen molar-refractivity contribution >= 4 is 18.3 Å². The maximum absolute atomic E-state index is 11.8. The molecule has 1 rings (SSSR count). The highest BCUT2D eigenvalue weighted by molar-refractivity contribution is 5.85. The number of benzene rings is 1. The molecule has 5 nitrogen and oxygen atoms in total. The molecule has 0 bridgehead atoms. The Morgan fingerprint density at radius 3 is 2.27 bits per heavy atom. The second kappa shape index (κ2) is 12.1. The Labute approximate surface area is 139 Å². The highest BCUT2D eigenvalue weighted by Crippen LogP contribution is 2.17. The number of rotatable bonds is 10. The van der Waals surface area contributed by atoms with Gasteiger partial charge >= 0.3 is 0 Å². The topological polar surface area (TPSA) is 73.6 Å². The summed E-state index contributed by atoms with van der Waals surface area (Å²) >= 11 is 0. The van der Waals surface area contributed by atoms with Crippen molar-refractivity contribution in [3.63, 3.8) is 0 Å². The van der Waals surface area contributed by atoms with E-state index in [9.17, 15) is 4.79 Å². The van der Waals surface area contributed by atoms with E-state index in [1.165, 1.54) is 0 Å². The molecule has 0 aliphatic carbocycles. The van der Waals surface area contributed by atoms with Crippen molar-refractivity contribution in [1.29, 1.82) is 0 Å². The molecule has 0 aliphatic rings. The van der Waals surface area contributed by atoms with E-state index < -0.39 is 0 Å². The van der Waals surface area contributed by atoms with Crippen LogP contribution in [0, 0.1) is 0 Å². The van der Waals surface area contributed by atoms with Crippen LogP contribution in [0.5, 0.6) is 11.5 Å². The van der Waals surface area contributed by atoms with E-state index in [2.05, 4.69) is 12.2 Å². The third-order valence-electron chi connectivity index (χ3n) is 3.06. The first-order valence-electron chi connectivity index (χ1n) is 7.54. The van der Waals surface area contributed by atoms with E-state index in [4.69, 9.17) is 15.2 Å². The van der Waals surface area contributed by atoms with Crippen LogP contribution in [-0.4, -0.2) is 31.7 Å². The second-order valence-corrected chi connectivity index (χ2v) is 4.84. The van der Waals surface area contributed by atoms with Gasteiger partial charge in [-0.2, -0.15) is 0 Å². The van der Waals surface area contributed by atoms with Gasteiger partial charge in [0.05, 0.1) is 6.61 Å². The molecule has 0 saturated carbocycles. The zero-order chi connectivity index (χ0) is 15.5. The third kappa shape index (κ3) is 8.10. The first-order chi connectivity index (χ1) is 10.2. The van der Waals surface area contributed by atoms with Gasteiger partial charge in [-0.15, -0.1) is 12.4 Å². The minimum absolute atomic E-state index is 0. The zero-order valence-electron chi connectivity index (χ0n) is 13.3. The summed E-state index contributed by atoms with van der Waals surface area (Å²) < 4.78 is 10.8. The summed E-state index contributed by atoms with van der Waals surface area (Å²) in [5.74, 6) is 1.29. The van der Waals surface area contributed by atoms with Crippen molar-refractivity contribution < 1.29 is 14.3 Å². The van der Waals surface area contributed by atoms with Gasteiger partial charge in [0, 0.05) is 12.6 Å². The minimum atomic E-state index is -0.143. The standard InChI is InChI=1S/C16H26N2O3.ClH/c1-3-5-6-13(11-17)18-16(19)12-21-15-9-7-14(8-10-15)20-4-2;/h7-10,13H,3-6,11-12,17H2,1-2H3,(H,18,19);1H. The molecule has 126 valence electrons. The minimum Gasteiger partial charge on any atom is -0.494 e. The van der Waals surface area contributed by atoms with E-state index in [-0.39, 0.29) is 31.0 Å². The molecule has 0 saturated heterocycles. The van der Waals surface area contributed by atoms with E-state index >= 15 is 0 Å². The van der Waals surface area contributed by atoms with Gasteiger partial charge in [0.2, 0.25) is 0 Å². The molecule has 0 aromatic heterocycles. The highest BCUT2D eigenvalue weighted by Gasteiger charge is 2.10. The van der Waals surface area contributed by atoms with Gasteiger partial charge in [0.1, 0.15) is 11.5 Å². The lowest BCUT2D eigenvalue weighted by molar-refractivity contribution is -0.123. The fraction of sp³-hybridized carbons (Fsp3) is 0.562. The summed E-state index contributed by atoms with van der Waals surface area (Å²) in [6.07, 6.45) is 3.05. The number of unbranched alkanes of at least 4 members (excludes halogenated alkanes) is 1. The molecule has 1 aromatic rings. The molecular formula is C16H27ClN2O3. The van der Waals surface area contributed by atoms with Crippen molar-refractivity contribution in [2.45, 2.75) is 39.2 Å². The molecular weight excluding hydrogens is 304 g/mol. The summed E-state index contributed by atoms with van der Waals surface area (Å²) in [5.41, 5.74) is 5.64. The summed E-state index contributed by atoms with van der Waals surface area (Å²) in [5, 5.41) is 2.89. The van der Waals surface area contributed by atoms with Crippen LogP contribution in [0.4, 0.5) is 0 Å². The molecule has 0 heterocycles. The molecule has 0 fully saturated rings. The average molecular weight is 331 g/mol. The lowest BCUT2D eigenvalue weighted by Gasteiger charge is -2.16. The molecule has 0 spiro atoms. The van der Waals surface area contributed by atoms with Crippen LogP contribution in [0.3, 0.4) is 0 Å². The Hall–Kier alpha value is -1.46. The van der Waals surface area contributed by atoms with E-state index in [1.807, 2.05) is 19.1 Å². The molecule has 1 unspecified atom stereocenters. The number of hydrogen-bond donors (Lipinski definition) is 2. The van der Waals surface area contributed by atoms with E-state index in [0.29, 0.717) is 18.9 Å². The lowest BCUT2D eigenvalue weighted by Crippen LogP contribution is -2.42. The van der Waals surface area contributed by atoms with Crippen LogP contribution in [0.25, 0.3) is 0 Å². The SMILES string of the molecule is CCCCC(CN)NC(=O)COc1ccc(OCC)cc1.Cl. The lowest BCUT2D eigenvalue weighted by atomic mass is 10.1. The summed E-state index contributed by atoms with van der Waals surface area (Å²) in [6, 6.07) is 7.24. The number of halogens is 1. The molecule has 22 heavy (non-hydrogen) atoms. The van der Waals surface area contributed by atoms with Crippen LogP contribution in [0.2, 0.25) is 0 Å². The van der Waals surface area contributed by atoms with Gasteiger partial charge in [-0.05, 0) is 37.6 Å². The molecule has 6 heteroatoms. The van der Waals surface area contributed by atoms with Crippen molar-refractivity contribution in [1.82, 2.24) is 5.32 Å². The predicted molar refractivity (Wildman–Crippen MR) is 90.9 cm³/mol. The number of nitrogens with one attached hydrogen (secondary N) is 1. The number of hydrogen-bond acceptors (Lipinski definition) is 4. The summed E-state index contributed by atoms with van der Waals surface area (Å²) in [7, 11) is 0. The summed E-state index contributed by atoms with van der Waals surface area (Å²) in [6.45, 7) is 5.12. The molecule has 1 amide bonds. The predicted octanol–water partition coefficient (Wildman–Crippen LogP) is 2.52. The van der Waals surface area contributed by atoms with Crippen LogP contribution in [-0.2, 0) is 4.79 Å². The number of amides is 1.